The lowest BCUT2D eigenvalue weighted by Gasteiger charge is -2.09. The predicted octanol–water partition coefficient (Wildman–Crippen LogP) is 4.79. The fraction of sp³-hybridized carbons (Fsp3) is 0.286. The number of hydrogen-bond donors (Lipinski definition) is 2. The minimum atomic E-state index is 0.477. The molecule has 0 fully saturated rings. The summed E-state index contributed by atoms with van der Waals surface area (Å²) in [6, 6.07) is 16.6. The van der Waals surface area contributed by atoms with Crippen LogP contribution in [-0.2, 0) is 13.0 Å². The summed E-state index contributed by atoms with van der Waals surface area (Å²) < 4.78 is 1.80. The maximum absolute atomic E-state index is 5.37. The van der Waals surface area contributed by atoms with Gasteiger partial charge in [0.1, 0.15) is 6.33 Å². The Labute approximate surface area is 165 Å². The summed E-state index contributed by atoms with van der Waals surface area (Å²) in [5.41, 5.74) is 4.75. The summed E-state index contributed by atoms with van der Waals surface area (Å²) in [4.78, 5) is 4.28. The second-order valence-corrected chi connectivity index (χ2v) is 6.98. The van der Waals surface area contributed by atoms with Crippen molar-refractivity contribution in [3.63, 3.8) is 0 Å². The Morgan fingerprint density at radius 2 is 1.85 bits per heavy atom. The molecule has 0 amide bonds. The van der Waals surface area contributed by atoms with Gasteiger partial charge in [-0.2, -0.15) is 0 Å². The van der Waals surface area contributed by atoms with Crippen molar-refractivity contribution in [2.75, 3.05) is 10.6 Å². The molecule has 0 aliphatic carbocycles. The fourth-order valence-corrected chi connectivity index (χ4v) is 3.00. The number of anilines is 2. The number of aromatic nitrogens is 3. The van der Waals surface area contributed by atoms with Crippen molar-refractivity contribution in [1.29, 1.82) is 0 Å². The van der Waals surface area contributed by atoms with Crippen LogP contribution in [0.4, 0.5) is 11.6 Å². The van der Waals surface area contributed by atoms with E-state index in [2.05, 4.69) is 58.8 Å². The molecule has 0 saturated heterocycles. The van der Waals surface area contributed by atoms with Gasteiger partial charge in [-0.15, -0.1) is 5.10 Å². The maximum Gasteiger partial charge on any atom is 0.248 e. The number of rotatable bonds is 7. The molecule has 0 radical (unpaired) electrons. The van der Waals surface area contributed by atoms with Crippen molar-refractivity contribution in [3.05, 3.63) is 71.5 Å². The van der Waals surface area contributed by atoms with Crippen LogP contribution in [0.2, 0.25) is 0 Å². The molecule has 2 N–H and O–H groups in total. The van der Waals surface area contributed by atoms with E-state index in [1.165, 1.54) is 29.5 Å². The van der Waals surface area contributed by atoms with Gasteiger partial charge < -0.3 is 5.32 Å². The first kappa shape index (κ1) is 19.0. The maximum atomic E-state index is 5.37. The van der Waals surface area contributed by atoms with Gasteiger partial charge in [0, 0.05) is 5.69 Å². The molecule has 5 nitrogen and oxygen atoms in total. The number of thiocarbonyl (C=S) groups is 1. The van der Waals surface area contributed by atoms with Crippen LogP contribution in [-0.4, -0.2) is 19.9 Å². The average molecular weight is 380 g/mol. The molecule has 0 bridgehead atoms. The first-order valence-electron chi connectivity index (χ1n) is 9.25. The molecular formula is C21H25N5S. The van der Waals surface area contributed by atoms with E-state index >= 15 is 0 Å². The zero-order chi connectivity index (χ0) is 19.1. The van der Waals surface area contributed by atoms with E-state index in [0.717, 1.165) is 12.1 Å². The standard InChI is InChI=1S/C21H25N5S/c1-3-4-8-17-10-12-19(13-11-17)23-21(27)24-20-22-15-26(25-20)14-18-9-6-5-7-16(18)2/h5-7,9-13,15H,3-4,8,14H2,1-2H3,(H2,23,24,25,27). The van der Waals surface area contributed by atoms with Crippen LogP contribution in [0.5, 0.6) is 0 Å². The molecule has 1 heterocycles. The molecule has 0 aliphatic rings. The van der Waals surface area contributed by atoms with Crippen molar-refractivity contribution < 1.29 is 0 Å². The van der Waals surface area contributed by atoms with Crippen LogP contribution in [0.3, 0.4) is 0 Å². The summed E-state index contributed by atoms with van der Waals surface area (Å²) in [6.45, 7) is 4.98. The zero-order valence-electron chi connectivity index (χ0n) is 15.8. The third kappa shape index (κ3) is 5.62. The molecule has 3 aromatic rings. The molecule has 140 valence electrons. The normalized spacial score (nSPS) is 10.6. The van der Waals surface area contributed by atoms with E-state index in [9.17, 15) is 0 Å². The Kier molecular flexibility index (Phi) is 6.54. The van der Waals surface area contributed by atoms with E-state index < -0.39 is 0 Å². The minimum Gasteiger partial charge on any atom is -0.332 e. The third-order valence-corrected chi connectivity index (χ3v) is 4.59. The smallest absolute Gasteiger partial charge is 0.248 e. The molecule has 0 spiro atoms. The molecular weight excluding hydrogens is 354 g/mol. The monoisotopic (exact) mass is 379 g/mol. The summed E-state index contributed by atoms with van der Waals surface area (Å²) in [6.07, 6.45) is 5.24. The van der Waals surface area contributed by atoms with Crippen LogP contribution < -0.4 is 10.6 Å². The largest absolute Gasteiger partial charge is 0.332 e. The van der Waals surface area contributed by atoms with Crippen LogP contribution >= 0.6 is 12.2 Å². The number of unbranched alkanes of at least 4 members (excludes halogenated alkanes) is 1. The summed E-state index contributed by atoms with van der Waals surface area (Å²) >= 11 is 5.37. The van der Waals surface area contributed by atoms with Gasteiger partial charge >= 0.3 is 0 Å². The molecule has 6 heteroatoms. The van der Waals surface area contributed by atoms with E-state index in [1.54, 1.807) is 11.0 Å². The molecule has 3 rings (SSSR count). The Morgan fingerprint density at radius 1 is 1.07 bits per heavy atom. The average Bonchev–Trinajstić information content (AvgIpc) is 3.10. The molecule has 1 aromatic heterocycles. The summed E-state index contributed by atoms with van der Waals surface area (Å²) in [5.74, 6) is 0.487. The first-order chi connectivity index (χ1) is 13.1. The molecule has 0 saturated carbocycles. The summed E-state index contributed by atoms with van der Waals surface area (Å²) in [5, 5.41) is 11.1. The molecule has 0 atom stereocenters. The van der Waals surface area contributed by atoms with Crippen molar-refractivity contribution in [2.45, 2.75) is 39.7 Å². The lowest BCUT2D eigenvalue weighted by molar-refractivity contribution is 0.684. The second kappa shape index (κ2) is 9.28. The highest BCUT2D eigenvalue weighted by molar-refractivity contribution is 7.80. The number of aryl methyl sites for hydroxylation is 2. The van der Waals surface area contributed by atoms with Crippen LogP contribution in [0.1, 0.15) is 36.5 Å². The van der Waals surface area contributed by atoms with Crippen molar-refractivity contribution >= 4 is 29.0 Å². The Bertz CT molecular complexity index is 886. The topological polar surface area (TPSA) is 54.8 Å². The van der Waals surface area contributed by atoms with Gasteiger partial charge in [0.05, 0.1) is 6.54 Å². The second-order valence-electron chi connectivity index (χ2n) is 6.57. The van der Waals surface area contributed by atoms with Crippen LogP contribution in [0.25, 0.3) is 0 Å². The van der Waals surface area contributed by atoms with Gasteiger partial charge in [-0.25, -0.2) is 9.67 Å². The number of nitrogens with zero attached hydrogens (tertiary/aromatic N) is 3. The third-order valence-electron chi connectivity index (χ3n) is 4.39. The quantitative estimate of drug-likeness (QED) is 0.578. The van der Waals surface area contributed by atoms with E-state index in [0.29, 0.717) is 17.6 Å². The lowest BCUT2D eigenvalue weighted by atomic mass is 10.1. The highest BCUT2D eigenvalue weighted by Gasteiger charge is 2.06. The van der Waals surface area contributed by atoms with Gasteiger partial charge in [-0.3, -0.25) is 5.32 Å². The van der Waals surface area contributed by atoms with Gasteiger partial charge in [0.25, 0.3) is 0 Å². The Hall–Kier alpha value is -2.73. The lowest BCUT2D eigenvalue weighted by Crippen LogP contribution is -2.20. The minimum absolute atomic E-state index is 0.477. The predicted molar refractivity (Wildman–Crippen MR) is 115 cm³/mol. The first-order valence-corrected chi connectivity index (χ1v) is 9.66. The van der Waals surface area contributed by atoms with Crippen LogP contribution in [0, 0.1) is 6.92 Å². The van der Waals surface area contributed by atoms with Gasteiger partial charge in [-0.1, -0.05) is 49.7 Å². The molecule has 2 aromatic carbocycles. The fourth-order valence-electron chi connectivity index (χ4n) is 2.79. The van der Waals surface area contributed by atoms with Gasteiger partial charge in [0.2, 0.25) is 5.95 Å². The molecule has 0 aliphatic heterocycles. The molecule has 0 unspecified atom stereocenters. The van der Waals surface area contributed by atoms with Crippen molar-refractivity contribution in [1.82, 2.24) is 14.8 Å². The SMILES string of the molecule is CCCCc1ccc(NC(=S)Nc2ncn(Cc3ccccc3C)n2)cc1. The van der Waals surface area contributed by atoms with Gasteiger partial charge in [0.15, 0.2) is 5.11 Å². The number of nitrogens with one attached hydrogen (secondary N) is 2. The van der Waals surface area contributed by atoms with Gasteiger partial charge in [-0.05, 0) is 60.8 Å². The van der Waals surface area contributed by atoms with Crippen LogP contribution in [0.15, 0.2) is 54.9 Å². The molecule has 27 heavy (non-hydrogen) atoms. The van der Waals surface area contributed by atoms with Crippen molar-refractivity contribution in [2.24, 2.45) is 0 Å². The Morgan fingerprint density at radius 3 is 2.59 bits per heavy atom. The van der Waals surface area contributed by atoms with E-state index in [-0.39, 0.29) is 0 Å². The Balaban J connectivity index is 1.54. The highest BCUT2D eigenvalue weighted by Crippen LogP contribution is 2.13. The van der Waals surface area contributed by atoms with Crippen molar-refractivity contribution in [3.8, 4) is 0 Å². The van der Waals surface area contributed by atoms with E-state index in [1.807, 2.05) is 24.3 Å². The van der Waals surface area contributed by atoms with E-state index in [4.69, 9.17) is 12.2 Å². The number of hydrogen-bond acceptors (Lipinski definition) is 3. The summed E-state index contributed by atoms with van der Waals surface area (Å²) in [7, 11) is 0. The number of benzene rings is 2. The highest BCUT2D eigenvalue weighted by atomic mass is 32.1. The zero-order valence-corrected chi connectivity index (χ0v) is 16.6.